The van der Waals surface area contributed by atoms with Crippen LogP contribution in [0.15, 0.2) is 0 Å². The van der Waals surface area contributed by atoms with E-state index < -0.39 is 0 Å². The Balaban J connectivity index is -0.0000000965. The van der Waals surface area contributed by atoms with Crippen LogP contribution in [0.5, 0.6) is 0 Å². The molecule has 6 heteroatoms. The van der Waals surface area contributed by atoms with E-state index in [9.17, 15) is 0 Å². The SMILES string of the molecule is CCOSC.COSC.ClCl. The zero-order valence-electron chi connectivity index (χ0n) is 7.10. The highest BCUT2D eigenvalue weighted by Crippen LogP contribution is 1.89. The standard InChI is InChI=1S/C3H8OS.C2H6OS.Cl2/c1-3-4-5-2;1-3-4-2;1-2/h3H2,1-2H3;1-2H3;. The van der Waals surface area contributed by atoms with Crippen LogP contribution in [0.2, 0.25) is 0 Å². The first-order chi connectivity index (χ1) is 5.33. The fourth-order valence-corrected chi connectivity index (χ4v) is 0.354. The molecule has 72 valence electrons. The van der Waals surface area contributed by atoms with Crippen LogP contribution >= 0.6 is 45.8 Å². The molecule has 11 heavy (non-hydrogen) atoms. The van der Waals surface area contributed by atoms with Crippen LogP contribution in [0.25, 0.3) is 0 Å². The molecular formula is C5H14Cl2O2S2. The molecular weight excluding hydrogens is 227 g/mol. The predicted molar refractivity (Wildman–Crippen MR) is 57.4 cm³/mol. The summed E-state index contributed by atoms with van der Waals surface area (Å²) in [5.74, 6) is 0. The number of hydrogen-bond acceptors (Lipinski definition) is 4. The highest BCUT2D eigenvalue weighted by atomic mass is 36.5. The molecule has 2 nitrogen and oxygen atoms in total. The normalized spacial score (nSPS) is 7.09. The Hall–Kier alpha value is 1.20. The van der Waals surface area contributed by atoms with Crippen molar-refractivity contribution in [2.75, 3.05) is 26.2 Å². The maximum Gasteiger partial charge on any atom is 0.0585 e. The zero-order chi connectivity index (χ0) is 9.54. The van der Waals surface area contributed by atoms with Gasteiger partial charge in [0.15, 0.2) is 0 Å². The van der Waals surface area contributed by atoms with E-state index in [-0.39, 0.29) is 0 Å². The first-order valence-corrected chi connectivity index (χ1v) is 6.14. The fraction of sp³-hybridized carbons (Fsp3) is 1.00. The van der Waals surface area contributed by atoms with Crippen LogP contribution in [0.3, 0.4) is 0 Å². The number of halogens is 2. The van der Waals surface area contributed by atoms with Crippen LogP contribution in [0.4, 0.5) is 0 Å². The Kier molecular flexibility index (Phi) is 49.8. The second-order valence-corrected chi connectivity index (χ2v) is 2.14. The minimum Gasteiger partial charge on any atom is -0.319 e. The molecule has 0 radical (unpaired) electrons. The first-order valence-electron chi connectivity index (χ1n) is 2.70. The molecule has 0 bridgehead atoms. The summed E-state index contributed by atoms with van der Waals surface area (Å²) in [4.78, 5) is 0. The van der Waals surface area contributed by atoms with E-state index in [4.69, 9.17) is 4.18 Å². The monoisotopic (exact) mass is 240 g/mol. The highest BCUT2D eigenvalue weighted by molar-refractivity contribution is 7.94. The average Bonchev–Trinajstić information content (AvgIpc) is 2.10. The van der Waals surface area contributed by atoms with Crippen LogP contribution in [-0.4, -0.2) is 26.2 Å². The summed E-state index contributed by atoms with van der Waals surface area (Å²) < 4.78 is 9.21. The maximum absolute atomic E-state index is 4.75. The molecule has 0 aliphatic heterocycles. The van der Waals surface area contributed by atoms with Crippen molar-refractivity contribution in [3.05, 3.63) is 0 Å². The summed E-state index contributed by atoms with van der Waals surface area (Å²) in [5.41, 5.74) is 0. The van der Waals surface area contributed by atoms with Crippen molar-refractivity contribution in [3.8, 4) is 0 Å². The van der Waals surface area contributed by atoms with Crippen molar-refractivity contribution >= 4 is 45.8 Å². The van der Waals surface area contributed by atoms with Gasteiger partial charge in [0, 0.05) is 34.2 Å². The lowest BCUT2D eigenvalue weighted by atomic mass is 10.9. The van der Waals surface area contributed by atoms with Gasteiger partial charge in [-0.15, -0.1) is 0 Å². The van der Waals surface area contributed by atoms with Gasteiger partial charge in [-0.2, -0.15) is 0 Å². The van der Waals surface area contributed by atoms with Crippen LogP contribution in [0.1, 0.15) is 6.92 Å². The highest BCUT2D eigenvalue weighted by Gasteiger charge is 1.65. The van der Waals surface area contributed by atoms with E-state index in [1.807, 2.05) is 19.4 Å². The zero-order valence-corrected chi connectivity index (χ0v) is 10.2. The van der Waals surface area contributed by atoms with Gasteiger partial charge >= 0.3 is 0 Å². The smallest absolute Gasteiger partial charge is 0.0585 e. The summed E-state index contributed by atoms with van der Waals surface area (Å²) in [6, 6.07) is 0. The number of rotatable bonds is 3. The molecule has 0 saturated heterocycles. The van der Waals surface area contributed by atoms with E-state index in [0.717, 1.165) is 6.61 Å². The summed E-state index contributed by atoms with van der Waals surface area (Å²) in [6.45, 7) is 2.78. The molecule has 0 rings (SSSR count). The van der Waals surface area contributed by atoms with E-state index >= 15 is 0 Å². The van der Waals surface area contributed by atoms with Crippen LogP contribution in [-0.2, 0) is 8.37 Å². The summed E-state index contributed by atoms with van der Waals surface area (Å²) in [5, 5.41) is 0. The lowest BCUT2D eigenvalue weighted by Gasteiger charge is -1.84. The van der Waals surface area contributed by atoms with Gasteiger partial charge in [-0.1, -0.05) is 0 Å². The van der Waals surface area contributed by atoms with Crippen molar-refractivity contribution in [3.63, 3.8) is 0 Å². The van der Waals surface area contributed by atoms with Crippen molar-refractivity contribution in [2.45, 2.75) is 6.92 Å². The minimum atomic E-state index is 0.807. The van der Waals surface area contributed by atoms with E-state index in [1.165, 1.54) is 24.1 Å². The first kappa shape index (κ1) is 18.1. The van der Waals surface area contributed by atoms with Crippen molar-refractivity contribution < 1.29 is 8.37 Å². The van der Waals surface area contributed by atoms with Gasteiger partial charge in [-0.25, -0.2) is 0 Å². The van der Waals surface area contributed by atoms with Gasteiger partial charge in [-0.3, -0.25) is 0 Å². The molecule has 0 aliphatic carbocycles. The van der Waals surface area contributed by atoms with E-state index in [2.05, 4.69) is 25.9 Å². The quantitative estimate of drug-likeness (QED) is 0.702. The van der Waals surface area contributed by atoms with Gasteiger partial charge < -0.3 is 8.37 Å². The van der Waals surface area contributed by atoms with Gasteiger partial charge in [0.1, 0.15) is 0 Å². The molecule has 0 aromatic rings. The second kappa shape index (κ2) is 30.3. The third-order valence-corrected chi connectivity index (χ3v) is 1.21. The van der Waals surface area contributed by atoms with Crippen molar-refractivity contribution in [2.24, 2.45) is 0 Å². The third kappa shape index (κ3) is 53.7. The Morgan fingerprint density at radius 1 is 1.18 bits per heavy atom. The molecule has 0 atom stereocenters. The van der Waals surface area contributed by atoms with Crippen molar-refractivity contribution in [1.82, 2.24) is 0 Å². The summed E-state index contributed by atoms with van der Waals surface area (Å²) in [6.07, 6.45) is 3.78. The second-order valence-electron chi connectivity index (χ2n) is 0.907. The molecule has 0 aromatic heterocycles. The molecule has 0 saturated carbocycles. The third-order valence-electron chi connectivity index (χ3n) is 0.402. The largest absolute Gasteiger partial charge is 0.319 e. The topological polar surface area (TPSA) is 18.5 Å². The van der Waals surface area contributed by atoms with E-state index in [1.54, 1.807) is 7.11 Å². The molecule has 0 spiro atoms. The Bertz CT molecular complexity index is 39.7. The molecule has 0 aromatic carbocycles. The van der Waals surface area contributed by atoms with E-state index in [0.29, 0.717) is 0 Å². The Labute approximate surface area is 87.3 Å². The molecule has 0 fully saturated rings. The van der Waals surface area contributed by atoms with Crippen LogP contribution < -0.4 is 0 Å². The van der Waals surface area contributed by atoms with Crippen molar-refractivity contribution in [1.29, 1.82) is 0 Å². The summed E-state index contributed by atoms with van der Waals surface area (Å²) >= 11 is 2.76. The lowest BCUT2D eigenvalue weighted by Crippen LogP contribution is -1.70. The predicted octanol–water partition coefficient (Wildman–Crippen LogP) is 3.59. The number of hydrogen-bond donors (Lipinski definition) is 0. The fourth-order valence-electron chi connectivity index (χ4n) is 0.118. The van der Waals surface area contributed by atoms with Crippen LogP contribution in [0, 0.1) is 0 Å². The summed E-state index contributed by atoms with van der Waals surface area (Å²) in [7, 11) is 9.87. The molecule has 0 N–H and O–H groups in total. The van der Waals surface area contributed by atoms with Gasteiger partial charge in [0.2, 0.25) is 0 Å². The molecule has 0 unspecified atom stereocenters. The van der Waals surface area contributed by atoms with Gasteiger partial charge in [0.25, 0.3) is 0 Å². The molecule has 0 amide bonds. The average molecular weight is 241 g/mol. The molecule has 0 aliphatic rings. The lowest BCUT2D eigenvalue weighted by molar-refractivity contribution is 0.404. The molecule has 0 heterocycles. The minimum absolute atomic E-state index is 0.807. The van der Waals surface area contributed by atoms with Gasteiger partial charge in [-0.05, 0) is 31.0 Å². The van der Waals surface area contributed by atoms with Gasteiger partial charge in [0.05, 0.1) is 13.7 Å². The Morgan fingerprint density at radius 3 is 1.55 bits per heavy atom. The Morgan fingerprint density at radius 2 is 1.55 bits per heavy atom. The maximum atomic E-state index is 4.75.